The maximum absolute atomic E-state index is 14.8. The van der Waals surface area contributed by atoms with Crippen LogP contribution in [0.3, 0.4) is 0 Å². The molecule has 0 spiro atoms. The van der Waals surface area contributed by atoms with Crippen molar-refractivity contribution in [2.45, 2.75) is 12.2 Å². The van der Waals surface area contributed by atoms with Crippen LogP contribution in [0.2, 0.25) is 10.2 Å². The molecule has 1 atom stereocenters. The molecule has 2 heterocycles. The number of amides is 1. The number of rotatable bonds is 5. The van der Waals surface area contributed by atoms with Gasteiger partial charge in [-0.05, 0) is 6.07 Å². The van der Waals surface area contributed by atoms with Crippen LogP contribution in [0.4, 0.5) is 33.8 Å². The molecule has 0 aliphatic carbocycles. The number of alkyl halides is 3. The molecule has 0 saturated carbocycles. The van der Waals surface area contributed by atoms with E-state index in [-0.39, 0.29) is 5.95 Å². The second-order valence-electron chi connectivity index (χ2n) is 5.83. The van der Waals surface area contributed by atoms with Gasteiger partial charge in [-0.3, -0.25) is 9.69 Å². The smallest absolute Gasteiger partial charge is 0.357 e. The van der Waals surface area contributed by atoms with Crippen LogP contribution in [0, 0.1) is 11.6 Å². The molecule has 0 fully saturated rings. The molecule has 1 unspecified atom stereocenters. The van der Waals surface area contributed by atoms with Gasteiger partial charge < -0.3 is 5.32 Å². The Hall–Kier alpha value is -3.06. The topological polar surface area (TPSA) is 99.7 Å². The molecule has 3 aromatic rings. The summed E-state index contributed by atoms with van der Waals surface area (Å²) >= 11 is 11.4. The van der Waals surface area contributed by atoms with Gasteiger partial charge >= 0.3 is 6.18 Å². The summed E-state index contributed by atoms with van der Waals surface area (Å²) in [6, 6.07) is 0.369. The Balaban J connectivity index is 2.30. The van der Waals surface area contributed by atoms with E-state index in [1.165, 1.54) is 7.05 Å². The van der Waals surface area contributed by atoms with Crippen molar-refractivity contribution in [1.82, 2.24) is 30.5 Å². The second kappa shape index (κ2) is 8.59. The SMILES string of the molecule is CNC(=O)C(c1ccc(F)c(Cl)c1F)N(c1nc(Cl)cc(C(F)(F)F)n1)c1ncn[nH]1. The number of aromatic amines is 1. The van der Waals surface area contributed by atoms with Crippen molar-refractivity contribution in [3.05, 3.63) is 57.6 Å². The zero-order valence-electron chi connectivity index (χ0n) is 15.2. The van der Waals surface area contributed by atoms with Gasteiger partial charge in [-0.1, -0.05) is 29.3 Å². The fourth-order valence-electron chi connectivity index (χ4n) is 2.59. The number of anilines is 2. The van der Waals surface area contributed by atoms with Crippen molar-refractivity contribution >= 4 is 41.0 Å². The Labute approximate surface area is 180 Å². The maximum atomic E-state index is 14.8. The minimum absolute atomic E-state index is 0.330. The summed E-state index contributed by atoms with van der Waals surface area (Å²) in [4.78, 5) is 24.3. The first-order valence-electron chi connectivity index (χ1n) is 8.16. The molecule has 0 bridgehead atoms. The highest BCUT2D eigenvalue weighted by atomic mass is 35.5. The average Bonchev–Trinajstić information content (AvgIpc) is 3.23. The molecule has 31 heavy (non-hydrogen) atoms. The third-order valence-corrected chi connectivity index (χ3v) is 4.47. The monoisotopic (exact) mass is 481 g/mol. The summed E-state index contributed by atoms with van der Waals surface area (Å²) in [6.07, 6.45) is -3.94. The van der Waals surface area contributed by atoms with E-state index in [0.29, 0.717) is 6.07 Å². The van der Waals surface area contributed by atoms with Crippen molar-refractivity contribution in [3.63, 3.8) is 0 Å². The van der Waals surface area contributed by atoms with Gasteiger partial charge in [0.15, 0.2) is 11.5 Å². The van der Waals surface area contributed by atoms with Crippen molar-refractivity contribution in [2.24, 2.45) is 0 Å². The lowest BCUT2D eigenvalue weighted by molar-refractivity contribution is -0.141. The molecule has 15 heteroatoms. The predicted octanol–water partition coefficient (Wildman–Crippen LogP) is 3.82. The molecule has 0 aliphatic rings. The first kappa shape index (κ1) is 22.6. The van der Waals surface area contributed by atoms with Crippen LogP contribution >= 0.6 is 23.2 Å². The Morgan fingerprint density at radius 1 is 1.23 bits per heavy atom. The van der Waals surface area contributed by atoms with E-state index in [2.05, 4.69) is 30.5 Å². The number of carbonyl (C=O) groups excluding carboxylic acids is 1. The highest BCUT2D eigenvalue weighted by Crippen LogP contribution is 2.37. The quantitative estimate of drug-likeness (QED) is 0.326. The van der Waals surface area contributed by atoms with Gasteiger partial charge in [0, 0.05) is 18.7 Å². The highest BCUT2D eigenvalue weighted by molar-refractivity contribution is 6.31. The van der Waals surface area contributed by atoms with Crippen LogP contribution in [-0.4, -0.2) is 38.1 Å². The molecule has 3 rings (SSSR count). The average molecular weight is 482 g/mol. The lowest BCUT2D eigenvalue weighted by Gasteiger charge is -2.29. The number of benzene rings is 1. The van der Waals surface area contributed by atoms with Gasteiger partial charge in [-0.15, -0.1) is 0 Å². The number of nitrogens with zero attached hydrogens (tertiary/aromatic N) is 5. The van der Waals surface area contributed by atoms with Crippen LogP contribution in [0.5, 0.6) is 0 Å². The number of halogens is 7. The number of nitrogens with one attached hydrogen (secondary N) is 2. The van der Waals surface area contributed by atoms with E-state index in [1.807, 2.05) is 0 Å². The van der Waals surface area contributed by atoms with Gasteiger partial charge in [0.25, 0.3) is 0 Å². The second-order valence-corrected chi connectivity index (χ2v) is 6.60. The number of hydrogen-bond acceptors (Lipinski definition) is 6. The zero-order valence-corrected chi connectivity index (χ0v) is 16.7. The van der Waals surface area contributed by atoms with E-state index < -0.39 is 57.1 Å². The largest absolute Gasteiger partial charge is 0.433 e. The standard InChI is InChI=1S/C16H10Cl2F5N7O/c1-24-13(31)12(6-2-3-7(19)10(18)11(6)20)30(14-25-5-26-29-14)15-27-8(16(21,22)23)4-9(17)28-15/h2-5,12H,1H3,(H,24,31)(H,25,26,29). The molecular weight excluding hydrogens is 472 g/mol. The molecule has 1 aromatic carbocycles. The van der Waals surface area contributed by atoms with Crippen molar-refractivity contribution < 1.29 is 26.7 Å². The van der Waals surface area contributed by atoms with Crippen LogP contribution in [-0.2, 0) is 11.0 Å². The van der Waals surface area contributed by atoms with Crippen molar-refractivity contribution in [3.8, 4) is 0 Å². The number of likely N-dealkylation sites (N-methyl/N-ethyl adjacent to an activating group) is 1. The van der Waals surface area contributed by atoms with E-state index in [1.54, 1.807) is 0 Å². The highest BCUT2D eigenvalue weighted by Gasteiger charge is 2.38. The summed E-state index contributed by atoms with van der Waals surface area (Å²) in [5.41, 5.74) is -1.93. The summed E-state index contributed by atoms with van der Waals surface area (Å²) in [7, 11) is 1.19. The van der Waals surface area contributed by atoms with Gasteiger partial charge in [0.1, 0.15) is 28.4 Å². The number of carbonyl (C=O) groups is 1. The minimum atomic E-state index is -4.92. The van der Waals surface area contributed by atoms with Crippen molar-refractivity contribution in [2.75, 3.05) is 11.9 Å². The Bertz CT molecular complexity index is 1110. The third kappa shape index (κ3) is 4.51. The number of hydrogen-bond donors (Lipinski definition) is 2. The van der Waals surface area contributed by atoms with Crippen LogP contribution in [0.25, 0.3) is 0 Å². The summed E-state index contributed by atoms with van der Waals surface area (Å²) < 4.78 is 68.2. The van der Waals surface area contributed by atoms with Gasteiger partial charge in [-0.2, -0.15) is 23.3 Å². The first-order chi connectivity index (χ1) is 14.5. The molecule has 2 N–H and O–H groups in total. The summed E-state index contributed by atoms with van der Waals surface area (Å²) in [6.45, 7) is 0. The Morgan fingerprint density at radius 2 is 1.94 bits per heavy atom. The van der Waals surface area contributed by atoms with Crippen molar-refractivity contribution in [1.29, 1.82) is 0 Å². The Morgan fingerprint density at radius 3 is 2.52 bits per heavy atom. The van der Waals surface area contributed by atoms with Crippen LogP contribution in [0.1, 0.15) is 17.3 Å². The van der Waals surface area contributed by atoms with E-state index >= 15 is 0 Å². The lowest BCUT2D eigenvalue weighted by atomic mass is 10.0. The van der Waals surface area contributed by atoms with Gasteiger partial charge in [-0.25, -0.2) is 23.8 Å². The number of aromatic nitrogens is 5. The summed E-state index contributed by atoms with van der Waals surface area (Å²) in [5, 5.41) is 6.62. The van der Waals surface area contributed by atoms with Crippen LogP contribution in [0.15, 0.2) is 24.5 Å². The fourth-order valence-corrected chi connectivity index (χ4v) is 2.94. The number of H-pyrrole nitrogens is 1. The zero-order chi connectivity index (χ0) is 22.9. The molecule has 1 amide bonds. The molecule has 164 valence electrons. The predicted molar refractivity (Wildman–Crippen MR) is 98.7 cm³/mol. The van der Waals surface area contributed by atoms with E-state index in [0.717, 1.165) is 23.4 Å². The van der Waals surface area contributed by atoms with Gasteiger partial charge in [0.05, 0.1) is 0 Å². The molecule has 0 saturated heterocycles. The molecule has 0 aliphatic heterocycles. The van der Waals surface area contributed by atoms with Gasteiger partial charge in [0.2, 0.25) is 17.8 Å². The third-order valence-electron chi connectivity index (χ3n) is 3.93. The normalized spacial score (nSPS) is 12.5. The molecule has 2 aromatic heterocycles. The Kier molecular flexibility index (Phi) is 6.27. The van der Waals surface area contributed by atoms with E-state index in [9.17, 15) is 26.7 Å². The van der Waals surface area contributed by atoms with E-state index in [4.69, 9.17) is 23.2 Å². The lowest BCUT2D eigenvalue weighted by Crippen LogP contribution is -2.39. The van der Waals surface area contributed by atoms with Crippen LogP contribution < -0.4 is 10.2 Å². The maximum Gasteiger partial charge on any atom is 0.433 e. The summed E-state index contributed by atoms with van der Waals surface area (Å²) in [5.74, 6) is -4.45. The minimum Gasteiger partial charge on any atom is -0.357 e. The molecule has 8 nitrogen and oxygen atoms in total. The first-order valence-corrected chi connectivity index (χ1v) is 8.91. The molecular formula is C16H10Cl2F5N7O. The fraction of sp³-hybridized carbons (Fsp3) is 0.188. The molecule has 0 radical (unpaired) electrons.